The summed E-state index contributed by atoms with van der Waals surface area (Å²) in [6.45, 7) is 11.1. The number of benzene rings is 2. The quantitative estimate of drug-likeness (QED) is 0.248. The van der Waals surface area contributed by atoms with Gasteiger partial charge in [-0.3, -0.25) is 0 Å². The van der Waals surface area contributed by atoms with Crippen LogP contribution in [0.5, 0.6) is 0 Å². The Morgan fingerprint density at radius 3 is 1.67 bits per heavy atom. The predicted molar refractivity (Wildman–Crippen MR) is 181 cm³/mol. The first-order chi connectivity index (χ1) is 19.5. The Hall–Kier alpha value is -0.840. The van der Waals surface area contributed by atoms with Crippen LogP contribution in [0.25, 0.3) is 27.4 Å². The number of rotatable bonds is 5. The van der Waals surface area contributed by atoms with Gasteiger partial charge in [-0.15, -0.1) is 22.7 Å². The molecule has 6 rings (SSSR count). The van der Waals surface area contributed by atoms with Crippen LogP contribution in [0.3, 0.4) is 0 Å². The molecule has 2 fully saturated rings. The van der Waals surface area contributed by atoms with Crippen molar-refractivity contribution in [3.8, 4) is 22.5 Å². The molecule has 2 saturated heterocycles. The summed E-state index contributed by atoms with van der Waals surface area (Å²) in [5.74, 6) is 0. The van der Waals surface area contributed by atoms with Gasteiger partial charge in [0, 0.05) is 56.0 Å². The van der Waals surface area contributed by atoms with E-state index < -0.39 is 5.54 Å². The average molecular weight is 740 g/mol. The van der Waals surface area contributed by atoms with Crippen LogP contribution in [-0.2, 0) is 20.4 Å². The molecule has 0 bridgehead atoms. The number of hydrogen-bond acceptors (Lipinski definition) is 7. The molecule has 42 heavy (non-hydrogen) atoms. The van der Waals surface area contributed by atoms with Crippen molar-refractivity contribution >= 4 is 71.9 Å². The van der Waals surface area contributed by atoms with Crippen LogP contribution in [0, 0.1) is 6.57 Å². The number of thiazole rings is 2. The van der Waals surface area contributed by atoms with Gasteiger partial charge in [-0.25, -0.2) is 16.5 Å². The molecule has 0 amide bonds. The van der Waals surface area contributed by atoms with Gasteiger partial charge in [0.15, 0.2) is 22.4 Å². The molecule has 216 valence electrons. The Balaban J connectivity index is 0.000000281. The first kappa shape index (κ1) is 35.6. The molecule has 0 unspecified atom stereocenters. The topological polar surface area (TPSA) is 74.6 Å². The van der Waals surface area contributed by atoms with Gasteiger partial charge in [-0.2, -0.15) is 0 Å². The molecule has 2 aliphatic heterocycles. The zero-order valence-electron chi connectivity index (χ0n) is 23.9. The molecular weight excluding hydrogens is 706 g/mol. The summed E-state index contributed by atoms with van der Waals surface area (Å²) in [7, 11) is 0. The summed E-state index contributed by atoms with van der Waals surface area (Å²) in [6.07, 6.45) is 3.42. The molecule has 12 heteroatoms. The average Bonchev–Trinajstić information content (AvgIpc) is 3.71. The second-order valence-electron chi connectivity index (χ2n) is 9.94. The van der Waals surface area contributed by atoms with Crippen molar-refractivity contribution in [1.82, 2.24) is 9.97 Å². The minimum absolute atomic E-state index is 0. The molecule has 0 atom stereocenters. The molecule has 0 saturated carbocycles. The van der Waals surface area contributed by atoms with E-state index in [2.05, 4.69) is 54.2 Å². The number of nitrogens with two attached hydrogens (primary N) is 1. The summed E-state index contributed by atoms with van der Waals surface area (Å²) in [5, 5.41) is 6.25. The van der Waals surface area contributed by atoms with E-state index in [-0.39, 0.29) is 43.1 Å². The zero-order valence-corrected chi connectivity index (χ0v) is 27.8. The van der Waals surface area contributed by atoms with E-state index in [1.807, 2.05) is 41.8 Å². The molecule has 6 nitrogen and oxygen atoms in total. The zero-order chi connectivity index (χ0) is 28.0. The van der Waals surface area contributed by atoms with Crippen molar-refractivity contribution in [3.63, 3.8) is 0 Å². The van der Waals surface area contributed by atoms with Gasteiger partial charge in [0.1, 0.15) is 5.01 Å². The van der Waals surface area contributed by atoms with E-state index in [1.54, 1.807) is 22.7 Å². The Bertz CT molecular complexity index is 1460. The van der Waals surface area contributed by atoms with Crippen LogP contribution < -0.4 is 24.6 Å². The molecule has 4 heterocycles. The Labute approximate surface area is 296 Å². The monoisotopic (exact) mass is 738 g/mol. The molecule has 2 aromatic carbocycles. The van der Waals surface area contributed by atoms with E-state index in [4.69, 9.17) is 31.7 Å². The number of ether oxygens (including phenoxy) is 2. The first-order valence-corrected chi connectivity index (χ1v) is 16.5. The van der Waals surface area contributed by atoms with E-state index in [9.17, 15) is 0 Å². The Kier molecular flexibility index (Phi) is 14.0. The third-order valence-corrected chi connectivity index (χ3v) is 10.7. The fourth-order valence-electron chi connectivity index (χ4n) is 4.86. The largest absolute Gasteiger partial charge is 1.00 e. The predicted octanol–water partition coefficient (Wildman–Crippen LogP) is 4.01. The molecule has 2 aliphatic rings. The van der Waals surface area contributed by atoms with Crippen molar-refractivity contribution < 1.29 is 29.8 Å². The number of aromatic nitrogens is 2. The molecule has 2 N–H and O–H groups in total. The maximum Gasteiger partial charge on any atom is 1.00 e. The van der Waals surface area contributed by atoms with Crippen LogP contribution in [-0.4, -0.2) is 60.3 Å². The van der Waals surface area contributed by atoms with Gasteiger partial charge >= 0.3 is 18.9 Å². The third kappa shape index (κ3) is 8.25. The van der Waals surface area contributed by atoms with E-state index >= 15 is 0 Å². The standard InChI is InChI=1S/C15H13BrN2OS.C15H17BrN2OS.Al.Li.4H/c1-17-15(6-8-19-9-7-15)14-18-13(10-20-14)11-2-4-12(16)5-3-11;16-12-3-1-11(2-4-12)13-9-20-14(18-13)15(10-17)5-7-19-8-6-15;;;;;;/h2-5,10H,6-9H2;1-4,9H,5-8,10,17H2;;;;;;/q;;;+1;;;;-1. The second kappa shape index (κ2) is 16.5. The minimum atomic E-state index is -0.476. The van der Waals surface area contributed by atoms with Gasteiger partial charge in [0.25, 0.3) is 5.54 Å². The summed E-state index contributed by atoms with van der Waals surface area (Å²) >= 11 is 10.2. The third-order valence-electron chi connectivity index (χ3n) is 7.51. The smallest absolute Gasteiger partial charge is 1.00 e. The normalized spacial score (nSPS) is 17.0. The Morgan fingerprint density at radius 2 is 1.21 bits per heavy atom. The van der Waals surface area contributed by atoms with Crippen LogP contribution in [0.2, 0.25) is 0 Å². The van der Waals surface area contributed by atoms with Gasteiger partial charge in [0.2, 0.25) is 0 Å². The molecule has 0 spiro atoms. The van der Waals surface area contributed by atoms with Crippen LogP contribution >= 0.6 is 54.5 Å². The molecule has 0 radical (unpaired) electrons. The molecule has 2 aromatic heterocycles. The van der Waals surface area contributed by atoms with Crippen LogP contribution in [0.4, 0.5) is 0 Å². The second-order valence-corrected chi connectivity index (χ2v) is 13.5. The maximum absolute atomic E-state index is 7.55. The number of nitrogens with zero attached hydrogens (tertiary/aromatic N) is 3. The summed E-state index contributed by atoms with van der Waals surface area (Å²) < 4.78 is 13.0. The maximum atomic E-state index is 7.55. The van der Waals surface area contributed by atoms with Gasteiger partial charge < -0.3 is 21.5 Å². The Morgan fingerprint density at radius 1 is 0.786 bits per heavy atom. The van der Waals surface area contributed by atoms with Crippen LogP contribution in [0.15, 0.2) is 68.2 Å². The van der Waals surface area contributed by atoms with Crippen molar-refractivity contribution in [2.24, 2.45) is 5.73 Å². The van der Waals surface area contributed by atoms with E-state index in [0.29, 0.717) is 19.8 Å². The van der Waals surface area contributed by atoms with Crippen molar-refractivity contribution in [1.29, 1.82) is 0 Å². The number of halogens is 2. The molecular formula is C30H34AlBr2LiN4O2S2. The van der Waals surface area contributed by atoms with Gasteiger partial charge in [-0.1, -0.05) is 56.1 Å². The fraction of sp³-hybridized carbons (Fsp3) is 0.367. The SMILES string of the molecule is NCC1(c2nc(-c3ccc(Br)cc3)cs2)CCOCC1.[AlH3].[C-]#[N+]C1(c2nc(-c3ccc(Br)cc3)cs2)CCOCC1.[H-].[Li+]. The number of hydrogen-bond donors (Lipinski definition) is 1. The minimum Gasteiger partial charge on any atom is -1.00 e. The fourth-order valence-corrected chi connectivity index (χ4v) is 7.52. The molecule has 0 aliphatic carbocycles. The van der Waals surface area contributed by atoms with Crippen molar-refractivity contribution in [2.75, 3.05) is 33.0 Å². The summed E-state index contributed by atoms with van der Waals surface area (Å²) in [4.78, 5) is 13.4. The summed E-state index contributed by atoms with van der Waals surface area (Å²) in [5.41, 5.74) is 9.80. The van der Waals surface area contributed by atoms with E-state index in [1.165, 1.54) is 0 Å². The molecule has 4 aromatic rings. The van der Waals surface area contributed by atoms with Gasteiger partial charge in [0.05, 0.1) is 37.4 Å². The van der Waals surface area contributed by atoms with Crippen molar-refractivity contribution in [3.05, 3.63) is 89.7 Å². The van der Waals surface area contributed by atoms with Gasteiger partial charge in [-0.05, 0) is 37.1 Å². The first-order valence-electron chi connectivity index (χ1n) is 13.2. The van der Waals surface area contributed by atoms with Crippen molar-refractivity contribution in [2.45, 2.75) is 36.6 Å². The summed E-state index contributed by atoms with van der Waals surface area (Å²) in [6, 6.07) is 16.3. The van der Waals surface area contributed by atoms with E-state index in [0.717, 1.165) is 80.4 Å². The van der Waals surface area contributed by atoms with Crippen LogP contribution in [0.1, 0.15) is 37.1 Å².